The van der Waals surface area contributed by atoms with Gasteiger partial charge in [-0.15, -0.1) is 24.8 Å². The van der Waals surface area contributed by atoms with Crippen LogP contribution in [-0.2, 0) is 0 Å². The van der Waals surface area contributed by atoms with Crippen LogP contribution in [0.15, 0.2) is 22.7 Å². The number of fused-ring (bicyclic) bond motifs is 1. The van der Waals surface area contributed by atoms with Crippen molar-refractivity contribution in [1.29, 1.82) is 0 Å². The first kappa shape index (κ1) is 15.4. The quantitative estimate of drug-likeness (QED) is 0.583. The molecule has 0 aliphatic heterocycles. The van der Waals surface area contributed by atoms with Crippen LogP contribution in [0, 0.1) is 0 Å². The van der Waals surface area contributed by atoms with E-state index in [0.717, 1.165) is 11.1 Å². The zero-order valence-corrected chi connectivity index (χ0v) is 10.8. The number of aromatic nitrogens is 1. The largest absolute Gasteiger partial charge is 0.396 e. The SMILES string of the molecule is Cl.Cl.NCC(S)c1noc2c(N)cccc12. The fourth-order valence-corrected chi connectivity index (χ4v) is 1.54. The van der Waals surface area contributed by atoms with Crippen LogP contribution in [0.5, 0.6) is 0 Å². The van der Waals surface area contributed by atoms with Crippen molar-refractivity contribution in [2.45, 2.75) is 5.25 Å². The van der Waals surface area contributed by atoms with Gasteiger partial charge in [0.1, 0.15) is 5.69 Å². The van der Waals surface area contributed by atoms with Crippen molar-refractivity contribution >= 4 is 54.1 Å². The number of anilines is 1. The van der Waals surface area contributed by atoms with E-state index in [9.17, 15) is 0 Å². The number of hydrogen-bond donors (Lipinski definition) is 3. The summed E-state index contributed by atoms with van der Waals surface area (Å²) in [4.78, 5) is 0. The fraction of sp³-hybridized carbons (Fsp3) is 0.222. The van der Waals surface area contributed by atoms with Crippen molar-refractivity contribution in [3.05, 3.63) is 23.9 Å². The van der Waals surface area contributed by atoms with Gasteiger partial charge in [-0.1, -0.05) is 11.2 Å². The average molecular weight is 282 g/mol. The van der Waals surface area contributed by atoms with Gasteiger partial charge < -0.3 is 16.0 Å². The molecule has 0 bridgehead atoms. The molecule has 4 nitrogen and oxygen atoms in total. The predicted octanol–water partition coefficient (Wildman–Crippen LogP) is 2.18. The number of benzene rings is 1. The summed E-state index contributed by atoms with van der Waals surface area (Å²) in [5.41, 5.74) is 13.2. The highest BCUT2D eigenvalue weighted by molar-refractivity contribution is 7.80. The summed E-state index contributed by atoms with van der Waals surface area (Å²) < 4.78 is 5.12. The third kappa shape index (κ3) is 2.55. The molecular formula is C9H13Cl2N3OS. The first-order valence-electron chi connectivity index (χ1n) is 4.26. The van der Waals surface area contributed by atoms with E-state index in [1.54, 1.807) is 6.07 Å². The monoisotopic (exact) mass is 281 g/mol. The van der Waals surface area contributed by atoms with Gasteiger partial charge in [-0.2, -0.15) is 12.6 Å². The Morgan fingerprint density at radius 3 is 2.69 bits per heavy atom. The van der Waals surface area contributed by atoms with Gasteiger partial charge in [0.05, 0.1) is 10.9 Å². The summed E-state index contributed by atoms with van der Waals surface area (Å²) in [5, 5.41) is 4.69. The third-order valence-corrected chi connectivity index (χ3v) is 2.55. The molecule has 0 fully saturated rings. The first-order chi connectivity index (χ1) is 6.74. The molecule has 7 heteroatoms. The molecule has 90 valence electrons. The zero-order chi connectivity index (χ0) is 10.1. The van der Waals surface area contributed by atoms with Gasteiger partial charge in [0.2, 0.25) is 0 Å². The molecule has 0 saturated carbocycles. The molecule has 0 spiro atoms. The molecule has 4 N–H and O–H groups in total. The second-order valence-electron chi connectivity index (χ2n) is 3.04. The van der Waals surface area contributed by atoms with Gasteiger partial charge in [0.15, 0.2) is 5.58 Å². The Kier molecular flexibility index (Phi) is 5.96. The second kappa shape index (κ2) is 6.20. The molecule has 0 aliphatic rings. The molecule has 0 radical (unpaired) electrons. The van der Waals surface area contributed by atoms with Crippen molar-refractivity contribution in [2.24, 2.45) is 5.73 Å². The van der Waals surface area contributed by atoms with Crippen LogP contribution in [0.3, 0.4) is 0 Å². The topological polar surface area (TPSA) is 78.1 Å². The maximum absolute atomic E-state index is 5.72. The third-order valence-electron chi connectivity index (χ3n) is 2.10. The number of rotatable bonds is 2. The lowest BCUT2D eigenvalue weighted by Gasteiger charge is -2.02. The Bertz CT molecular complexity index is 463. The molecule has 0 amide bonds. The number of hydrogen-bond acceptors (Lipinski definition) is 5. The Balaban J connectivity index is 0.00000112. The maximum Gasteiger partial charge on any atom is 0.189 e. The highest BCUT2D eigenvalue weighted by Crippen LogP contribution is 2.29. The summed E-state index contributed by atoms with van der Waals surface area (Å²) in [5.74, 6) is 0. The van der Waals surface area contributed by atoms with Gasteiger partial charge in [-0.3, -0.25) is 0 Å². The van der Waals surface area contributed by atoms with Crippen LogP contribution in [0.4, 0.5) is 5.69 Å². The molecule has 1 aromatic heterocycles. The van der Waals surface area contributed by atoms with Gasteiger partial charge >= 0.3 is 0 Å². The van der Waals surface area contributed by atoms with Crippen molar-refractivity contribution in [3.63, 3.8) is 0 Å². The molecule has 1 heterocycles. The summed E-state index contributed by atoms with van der Waals surface area (Å²) >= 11 is 4.31. The molecule has 0 aliphatic carbocycles. The van der Waals surface area contributed by atoms with E-state index in [1.807, 2.05) is 12.1 Å². The van der Waals surface area contributed by atoms with Gasteiger partial charge in [-0.25, -0.2) is 0 Å². The van der Waals surface area contributed by atoms with Gasteiger partial charge in [-0.05, 0) is 12.1 Å². The number of halogens is 2. The standard InChI is InChI=1S/C9H11N3OS.2ClH/c10-4-7(14)8-5-2-1-3-6(11)9(5)13-12-8;;/h1-3,7,14H,4,10-11H2;2*1H. The number of para-hydroxylation sites is 1. The minimum Gasteiger partial charge on any atom is -0.396 e. The number of thiol groups is 1. The van der Waals surface area contributed by atoms with E-state index in [-0.39, 0.29) is 30.1 Å². The molecule has 16 heavy (non-hydrogen) atoms. The predicted molar refractivity (Wildman–Crippen MR) is 73.7 cm³/mol. The normalized spacial score (nSPS) is 11.6. The van der Waals surface area contributed by atoms with Gasteiger partial charge in [0.25, 0.3) is 0 Å². The molecular weight excluding hydrogens is 269 g/mol. The summed E-state index contributed by atoms with van der Waals surface area (Å²) in [6, 6.07) is 5.53. The zero-order valence-electron chi connectivity index (χ0n) is 8.29. The van der Waals surface area contributed by atoms with Crippen molar-refractivity contribution in [2.75, 3.05) is 12.3 Å². The number of nitrogen functional groups attached to an aromatic ring is 1. The Morgan fingerprint density at radius 1 is 1.38 bits per heavy atom. The second-order valence-corrected chi connectivity index (χ2v) is 3.67. The summed E-state index contributed by atoms with van der Waals surface area (Å²) in [6.07, 6.45) is 0. The van der Waals surface area contributed by atoms with Gasteiger partial charge in [0, 0.05) is 11.9 Å². The Morgan fingerprint density at radius 2 is 2.06 bits per heavy atom. The lowest BCUT2D eigenvalue weighted by atomic mass is 10.1. The van der Waals surface area contributed by atoms with Crippen LogP contribution < -0.4 is 11.5 Å². The summed E-state index contributed by atoms with van der Waals surface area (Å²) in [6.45, 7) is 0.416. The highest BCUT2D eigenvalue weighted by atomic mass is 35.5. The Hall–Kier alpha value is -0.620. The van der Waals surface area contributed by atoms with Crippen LogP contribution in [0.1, 0.15) is 10.9 Å². The molecule has 0 saturated heterocycles. The lowest BCUT2D eigenvalue weighted by molar-refractivity contribution is 0.446. The van der Waals surface area contributed by atoms with E-state index >= 15 is 0 Å². The number of nitrogens with zero attached hydrogens (tertiary/aromatic N) is 1. The smallest absolute Gasteiger partial charge is 0.189 e. The maximum atomic E-state index is 5.72. The first-order valence-corrected chi connectivity index (χ1v) is 4.77. The lowest BCUT2D eigenvalue weighted by Crippen LogP contribution is -2.07. The van der Waals surface area contributed by atoms with Crippen LogP contribution in [0.25, 0.3) is 11.0 Å². The minimum absolute atomic E-state index is 0. The van der Waals surface area contributed by atoms with Crippen LogP contribution in [-0.4, -0.2) is 11.7 Å². The molecule has 1 unspecified atom stereocenters. The van der Waals surface area contributed by atoms with E-state index < -0.39 is 0 Å². The van der Waals surface area contributed by atoms with Crippen molar-refractivity contribution < 1.29 is 4.52 Å². The summed E-state index contributed by atoms with van der Waals surface area (Å²) in [7, 11) is 0. The molecule has 1 aromatic carbocycles. The molecule has 2 aromatic rings. The van der Waals surface area contributed by atoms with E-state index in [1.165, 1.54) is 0 Å². The van der Waals surface area contributed by atoms with Crippen LogP contribution in [0.2, 0.25) is 0 Å². The average Bonchev–Trinajstić information content (AvgIpc) is 2.62. The van der Waals surface area contributed by atoms with E-state index in [2.05, 4.69) is 17.8 Å². The fourth-order valence-electron chi connectivity index (χ4n) is 1.35. The minimum atomic E-state index is -0.113. The van der Waals surface area contributed by atoms with Crippen molar-refractivity contribution in [1.82, 2.24) is 5.16 Å². The highest BCUT2D eigenvalue weighted by Gasteiger charge is 2.15. The molecule has 1 atom stereocenters. The van der Waals surface area contributed by atoms with E-state index in [4.69, 9.17) is 16.0 Å². The number of nitrogens with two attached hydrogens (primary N) is 2. The Labute approximate surface area is 111 Å². The molecule has 2 rings (SSSR count). The van der Waals surface area contributed by atoms with Crippen LogP contribution >= 0.6 is 37.4 Å². The van der Waals surface area contributed by atoms with E-state index in [0.29, 0.717) is 17.8 Å². The van der Waals surface area contributed by atoms with Crippen molar-refractivity contribution in [3.8, 4) is 0 Å².